The smallest absolute Gasteiger partial charge is 0.319 e. The first-order valence-electron chi connectivity index (χ1n) is 9.16. The van der Waals surface area contributed by atoms with E-state index in [1.807, 2.05) is 38.1 Å². The maximum atomic E-state index is 14.0. The molecular weight excluding hydrogens is 347 g/mol. The molecule has 27 heavy (non-hydrogen) atoms. The van der Waals surface area contributed by atoms with Gasteiger partial charge in [0.1, 0.15) is 17.2 Å². The maximum absolute atomic E-state index is 14.0. The Morgan fingerprint density at radius 2 is 1.93 bits per heavy atom. The summed E-state index contributed by atoms with van der Waals surface area (Å²) in [5.74, 6) is 0.428. The highest BCUT2D eigenvalue weighted by molar-refractivity contribution is 5.91. The summed E-state index contributed by atoms with van der Waals surface area (Å²) in [6.07, 6.45) is 0.650. The van der Waals surface area contributed by atoms with Crippen LogP contribution in [0.3, 0.4) is 0 Å². The van der Waals surface area contributed by atoms with Gasteiger partial charge in [0, 0.05) is 30.5 Å². The predicted molar refractivity (Wildman–Crippen MR) is 100 cm³/mol. The fraction of sp³-hybridized carbons (Fsp3) is 0.381. The number of anilines is 1. The van der Waals surface area contributed by atoms with Crippen molar-refractivity contribution in [3.8, 4) is 5.75 Å². The second kappa shape index (κ2) is 6.53. The van der Waals surface area contributed by atoms with E-state index in [4.69, 9.17) is 4.74 Å². The van der Waals surface area contributed by atoms with E-state index in [0.29, 0.717) is 29.7 Å². The number of aliphatic hydroxyl groups excluding tert-OH is 1. The summed E-state index contributed by atoms with van der Waals surface area (Å²) in [6.45, 7) is 3.98. The summed E-state index contributed by atoms with van der Waals surface area (Å²) in [5.41, 5.74) is 2.24. The largest absolute Gasteiger partial charge is 0.487 e. The van der Waals surface area contributed by atoms with Crippen LogP contribution in [-0.2, 0) is 12.8 Å². The van der Waals surface area contributed by atoms with Crippen molar-refractivity contribution in [2.75, 3.05) is 5.32 Å². The molecular formula is C21H23FN2O3. The zero-order chi connectivity index (χ0) is 19.2. The lowest BCUT2D eigenvalue weighted by atomic mass is 9.90. The predicted octanol–water partition coefficient (Wildman–Crippen LogP) is 3.71. The summed E-state index contributed by atoms with van der Waals surface area (Å²) in [6, 6.07) is 10.0. The lowest BCUT2D eigenvalue weighted by Gasteiger charge is -2.37. The van der Waals surface area contributed by atoms with Crippen molar-refractivity contribution in [2.24, 2.45) is 0 Å². The zero-order valence-corrected chi connectivity index (χ0v) is 15.4. The molecule has 3 N–H and O–H groups in total. The van der Waals surface area contributed by atoms with Crippen LogP contribution in [0, 0.1) is 5.82 Å². The lowest BCUT2D eigenvalue weighted by molar-refractivity contribution is 0.0683. The molecule has 0 unspecified atom stereocenters. The van der Waals surface area contributed by atoms with Crippen molar-refractivity contribution in [1.82, 2.24) is 5.32 Å². The molecule has 0 radical (unpaired) electrons. The van der Waals surface area contributed by atoms with Gasteiger partial charge in [-0.05, 0) is 43.2 Å². The van der Waals surface area contributed by atoms with Crippen LogP contribution >= 0.6 is 0 Å². The average molecular weight is 370 g/mol. The molecule has 2 aromatic carbocycles. The number of carbonyl (C=O) groups is 1. The van der Waals surface area contributed by atoms with Gasteiger partial charge in [-0.3, -0.25) is 0 Å². The fourth-order valence-corrected chi connectivity index (χ4v) is 4.03. The Labute approximate surface area is 157 Å². The molecule has 2 aliphatic rings. The summed E-state index contributed by atoms with van der Waals surface area (Å²) >= 11 is 0. The van der Waals surface area contributed by atoms with Crippen LogP contribution in [0.1, 0.15) is 43.0 Å². The molecule has 1 aliphatic heterocycles. The second-order valence-electron chi connectivity index (χ2n) is 7.87. The third-order valence-corrected chi connectivity index (χ3v) is 5.18. The molecule has 0 bridgehead atoms. The Balaban J connectivity index is 1.54. The first kappa shape index (κ1) is 17.8. The number of rotatable bonds is 2. The number of aliphatic hydroxyl groups is 1. The molecule has 0 fully saturated rings. The van der Waals surface area contributed by atoms with Crippen LogP contribution in [0.15, 0.2) is 36.4 Å². The van der Waals surface area contributed by atoms with Crippen molar-refractivity contribution in [2.45, 2.75) is 50.9 Å². The molecule has 0 saturated carbocycles. The zero-order valence-electron chi connectivity index (χ0n) is 15.4. The normalized spacial score (nSPS) is 22.4. The van der Waals surface area contributed by atoms with Gasteiger partial charge in [0.25, 0.3) is 0 Å². The van der Waals surface area contributed by atoms with Gasteiger partial charge >= 0.3 is 6.03 Å². The second-order valence-corrected chi connectivity index (χ2v) is 7.87. The van der Waals surface area contributed by atoms with Crippen LogP contribution in [0.25, 0.3) is 0 Å². The van der Waals surface area contributed by atoms with Crippen molar-refractivity contribution in [3.05, 3.63) is 58.9 Å². The Kier molecular flexibility index (Phi) is 4.30. The molecule has 2 aromatic rings. The number of hydrogen-bond donors (Lipinski definition) is 3. The minimum absolute atomic E-state index is 0.191. The Hall–Kier alpha value is -2.60. The topological polar surface area (TPSA) is 70.6 Å². The van der Waals surface area contributed by atoms with Crippen LogP contribution in [-0.4, -0.2) is 22.8 Å². The summed E-state index contributed by atoms with van der Waals surface area (Å²) in [5, 5.41) is 15.7. The highest BCUT2D eigenvalue weighted by Gasteiger charge is 2.34. The molecule has 1 heterocycles. The summed E-state index contributed by atoms with van der Waals surface area (Å²) in [7, 11) is 0. The molecule has 0 spiro atoms. The number of amides is 2. The van der Waals surface area contributed by atoms with E-state index < -0.39 is 11.7 Å². The number of urea groups is 1. The molecule has 6 heteroatoms. The molecule has 0 aromatic heterocycles. The van der Waals surface area contributed by atoms with Gasteiger partial charge in [-0.1, -0.05) is 18.2 Å². The number of para-hydroxylation sites is 1. The van der Waals surface area contributed by atoms with E-state index >= 15 is 0 Å². The van der Waals surface area contributed by atoms with Crippen LogP contribution in [0.2, 0.25) is 0 Å². The van der Waals surface area contributed by atoms with Gasteiger partial charge in [0.2, 0.25) is 0 Å². The minimum atomic E-state index is -0.608. The fourth-order valence-electron chi connectivity index (χ4n) is 4.03. The van der Waals surface area contributed by atoms with E-state index in [9.17, 15) is 14.3 Å². The molecule has 2 amide bonds. The van der Waals surface area contributed by atoms with E-state index in [-0.39, 0.29) is 24.3 Å². The van der Waals surface area contributed by atoms with Crippen molar-refractivity contribution in [1.29, 1.82) is 0 Å². The van der Waals surface area contributed by atoms with Gasteiger partial charge < -0.3 is 20.5 Å². The van der Waals surface area contributed by atoms with Crippen LogP contribution in [0.4, 0.5) is 14.9 Å². The molecule has 1 aliphatic carbocycles. The SMILES string of the molecule is CC1(C)C[C@@H](NC(=O)Nc2ccc(F)c3c2C[C@H](O)C3)c2ccccc2O1. The Morgan fingerprint density at radius 3 is 2.74 bits per heavy atom. The highest BCUT2D eigenvalue weighted by Crippen LogP contribution is 2.39. The Bertz CT molecular complexity index is 897. The number of halogens is 1. The van der Waals surface area contributed by atoms with Crippen molar-refractivity contribution >= 4 is 11.7 Å². The van der Waals surface area contributed by atoms with E-state index in [2.05, 4.69) is 10.6 Å². The van der Waals surface area contributed by atoms with Gasteiger partial charge in [-0.2, -0.15) is 0 Å². The maximum Gasteiger partial charge on any atom is 0.319 e. The standard InChI is InChI=1S/C21H23FN2O3/c1-21(2)11-18(13-5-3-4-6-19(13)27-21)24-20(26)23-17-8-7-16(22)14-9-12(25)10-15(14)17/h3-8,12,18,25H,9-11H2,1-2H3,(H2,23,24,26)/t12-,18-/m1/s1. The number of carbonyl (C=O) groups excluding carboxylic acids is 1. The third-order valence-electron chi connectivity index (χ3n) is 5.18. The molecule has 2 atom stereocenters. The molecule has 142 valence electrons. The molecule has 4 rings (SSSR count). The number of ether oxygens (including phenoxy) is 1. The van der Waals surface area contributed by atoms with E-state index in [0.717, 1.165) is 11.3 Å². The molecule has 0 saturated heterocycles. The van der Waals surface area contributed by atoms with Crippen LogP contribution < -0.4 is 15.4 Å². The third kappa shape index (κ3) is 3.49. The molecule has 5 nitrogen and oxygen atoms in total. The number of benzene rings is 2. The quantitative estimate of drug-likeness (QED) is 0.755. The number of nitrogens with one attached hydrogen (secondary N) is 2. The Morgan fingerprint density at radius 1 is 1.19 bits per heavy atom. The van der Waals surface area contributed by atoms with Gasteiger partial charge in [-0.25, -0.2) is 9.18 Å². The monoisotopic (exact) mass is 370 g/mol. The first-order valence-corrected chi connectivity index (χ1v) is 9.16. The average Bonchev–Trinajstić information content (AvgIpc) is 2.99. The van der Waals surface area contributed by atoms with Gasteiger partial charge in [0.05, 0.1) is 12.1 Å². The van der Waals surface area contributed by atoms with Gasteiger partial charge in [-0.15, -0.1) is 0 Å². The van der Waals surface area contributed by atoms with Gasteiger partial charge in [0.15, 0.2) is 0 Å². The first-order chi connectivity index (χ1) is 12.8. The number of hydrogen-bond acceptors (Lipinski definition) is 3. The summed E-state index contributed by atoms with van der Waals surface area (Å²) in [4.78, 5) is 12.6. The number of fused-ring (bicyclic) bond motifs is 2. The van der Waals surface area contributed by atoms with Crippen LogP contribution in [0.5, 0.6) is 5.75 Å². The van der Waals surface area contributed by atoms with E-state index in [1.54, 1.807) is 6.07 Å². The minimum Gasteiger partial charge on any atom is -0.487 e. The summed E-state index contributed by atoms with van der Waals surface area (Å²) < 4.78 is 19.9. The highest BCUT2D eigenvalue weighted by atomic mass is 19.1. The van der Waals surface area contributed by atoms with E-state index in [1.165, 1.54) is 6.07 Å². The lowest BCUT2D eigenvalue weighted by Crippen LogP contribution is -2.42. The van der Waals surface area contributed by atoms with Crippen molar-refractivity contribution in [3.63, 3.8) is 0 Å². The van der Waals surface area contributed by atoms with Crippen molar-refractivity contribution < 1.29 is 19.0 Å².